The molecular weight excluding hydrogens is 534 g/mol. The Kier molecular flexibility index (Phi) is 7.62. The molecule has 3 aromatic heterocycles. The number of hydrogen-bond donors (Lipinski definition) is 2. The predicted molar refractivity (Wildman–Crippen MR) is 154 cm³/mol. The summed E-state index contributed by atoms with van der Waals surface area (Å²) in [5.74, 6) is -0.894. The smallest absolute Gasteiger partial charge is 0.341 e. The number of anilines is 1. The van der Waals surface area contributed by atoms with Crippen molar-refractivity contribution in [2.45, 2.75) is 25.9 Å². The molecule has 1 amide bonds. The summed E-state index contributed by atoms with van der Waals surface area (Å²) in [6.45, 7) is 5.99. The third-order valence-corrected chi connectivity index (χ3v) is 7.97. The van der Waals surface area contributed by atoms with Crippen LogP contribution in [0.3, 0.4) is 0 Å². The van der Waals surface area contributed by atoms with E-state index in [1.165, 1.54) is 22.1 Å². The first kappa shape index (κ1) is 26.4. The van der Waals surface area contributed by atoms with Crippen molar-refractivity contribution >= 4 is 51.0 Å². The van der Waals surface area contributed by atoms with Crippen molar-refractivity contribution < 1.29 is 14.3 Å². The lowest BCUT2D eigenvalue weighted by Gasteiger charge is -2.12. The topological polar surface area (TPSA) is 119 Å². The molecule has 9 nitrogen and oxygen atoms in total. The lowest BCUT2D eigenvalue weighted by molar-refractivity contribution is -0.113. The van der Waals surface area contributed by atoms with E-state index in [0.29, 0.717) is 38.0 Å². The zero-order valence-corrected chi connectivity index (χ0v) is 23.1. The van der Waals surface area contributed by atoms with Crippen molar-refractivity contribution in [1.82, 2.24) is 19.7 Å². The van der Waals surface area contributed by atoms with Crippen molar-refractivity contribution in [2.24, 2.45) is 0 Å². The van der Waals surface area contributed by atoms with Crippen molar-refractivity contribution in [3.63, 3.8) is 0 Å². The second-order valence-electron chi connectivity index (χ2n) is 8.71. The van der Waals surface area contributed by atoms with E-state index in [0.717, 1.165) is 28.5 Å². The van der Waals surface area contributed by atoms with Gasteiger partial charge in [-0.25, -0.2) is 9.78 Å². The summed E-state index contributed by atoms with van der Waals surface area (Å²) in [5, 5.41) is 12.5. The summed E-state index contributed by atoms with van der Waals surface area (Å²) in [4.78, 5) is 43.8. The Morgan fingerprint density at radius 3 is 2.67 bits per heavy atom. The molecule has 0 radical (unpaired) electrons. The van der Waals surface area contributed by atoms with Crippen LogP contribution in [0.1, 0.15) is 28.4 Å². The average molecular weight is 560 g/mol. The van der Waals surface area contributed by atoms with Crippen LogP contribution in [0.4, 0.5) is 5.00 Å². The Morgan fingerprint density at radius 1 is 1.13 bits per heavy atom. The number of nitrogens with zero attached hydrogens (tertiary/aromatic N) is 3. The number of carbonyl (C=O) groups excluding carboxylic acids is 2. The van der Waals surface area contributed by atoms with Crippen LogP contribution in [0, 0.1) is 13.8 Å². The number of thiophene rings is 1. The van der Waals surface area contributed by atoms with Gasteiger partial charge in [0.05, 0.1) is 24.2 Å². The Hall–Kier alpha value is -4.22. The molecule has 2 N–H and O–H groups in total. The Balaban J connectivity index is 1.43. The van der Waals surface area contributed by atoms with Crippen molar-refractivity contribution in [3.05, 3.63) is 87.2 Å². The van der Waals surface area contributed by atoms with Gasteiger partial charge in [-0.3, -0.25) is 19.3 Å². The van der Waals surface area contributed by atoms with E-state index < -0.39 is 5.97 Å². The number of amides is 1. The highest BCUT2D eigenvalue weighted by molar-refractivity contribution is 7.99. The molecule has 0 atom stereocenters. The second kappa shape index (κ2) is 11.3. The van der Waals surface area contributed by atoms with E-state index in [9.17, 15) is 14.4 Å². The van der Waals surface area contributed by atoms with E-state index in [4.69, 9.17) is 4.74 Å². The van der Waals surface area contributed by atoms with Gasteiger partial charge in [-0.2, -0.15) is 5.10 Å². The third-order valence-electron chi connectivity index (χ3n) is 6.14. The van der Waals surface area contributed by atoms with Crippen LogP contribution < -0.4 is 10.9 Å². The number of hydrogen-bond acceptors (Lipinski definition) is 8. The molecule has 0 fully saturated rings. The summed E-state index contributed by atoms with van der Waals surface area (Å²) >= 11 is 2.38. The maximum Gasteiger partial charge on any atom is 0.341 e. The van der Waals surface area contributed by atoms with Crippen LogP contribution in [0.25, 0.3) is 27.8 Å². The van der Waals surface area contributed by atoms with Crippen molar-refractivity contribution in [3.8, 4) is 16.8 Å². The van der Waals surface area contributed by atoms with Crippen LogP contribution in [-0.2, 0) is 9.53 Å². The van der Waals surface area contributed by atoms with Crippen LogP contribution in [0.5, 0.6) is 0 Å². The average Bonchev–Trinajstić information content (AvgIpc) is 3.57. The SMILES string of the molecule is CCOC(=O)c1c(-c2ccc(C)c(C)c2)csc1NC(=O)CSc1nc2[nH]ncc2c(=O)n1-c1ccccc1. The maximum atomic E-state index is 13.2. The van der Waals surface area contributed by atoms with Crippen LogP contribution in [0.15, 0.2) is 70.1 Å². The van der Waals surface area contributed by atoms with Crippen LogP contribution in [0.2, 0.25) is 0 Å². The largest absolute Gasteiger partial charge is 0.462 e. The van der Waals surface area contributed by atoms with E-state index in [-0.39, 0.29) is 23.8 Å². The summed E-state index contributed by atoms with van der Waals surface area (Å²) in [6, 6.07) is 15.1. The molecule has 0 saturated carbocycles. The molecule has 0 bridgehead atoms. The normalized spacial score (nSPS) is 11.1. The summed E-state index contributed by atoms with van der Waals surface area (Å²) in [7, 11) is 0. The number of aryl methyl sites for hydroxylation is 2. The highest BCUT2D eigenvalue weighted by atomic mass is 32.2. The highest BCUT2D eigenvalue weighted by Gasteiger charge is 2.24. The lowest BCUT2D eigenvalue weighted by atomic mass is 9.99. The molecule has 11 heteroatoms. The minimum Gasteiger partial charge on any atom is -0.462 e. The minimum atomic E-state index is -0.501. The number of carbonyl (C=O) groups is 2. The Morgan fingerprint density at radius 2 is 1.92 bits per heavy atom. The molecule has 0 aliphatic rings. The molecule has 5 aromatic rings. The molecule has 5 rings (SSSR count). The third kappa shape index (κ3) is 5.36. The van der Waals surface area contributed by atoms with Crippen molar-refractivity contribution in [2.75, 3.05) is 17.7 Å². The molecule has 2 aromatic carbocycles. The molecule has 39 heavy (non-hydrogen) atoms. The van der Waals surface area contributed by atoms with Gasteiger partial charge in [-0.05, 0) is 49.6 Å². The number of benzene rings is 2. The van der Waals surface area contributed by atoms with E-state index in [1.54, 1.807) is 19.1 Å². The van der Waals surface area contributed by atoms with Gasteiger partial charge in [0.15, 0.2) is 10.8 Å². The first-order valence-corrected chi connectivity index (χ1v) is 14.0. The molecule has 198 valence electrons. The van der Waals surface area contributed by atoms with E-state index in [1.807, 2.05) is 55.6 Å². The summed E-state index contributed by atoms with van der Waals surface area (Å²) in [5.41, 5.74) is 4.82. The Labute approximate surface area is 232 Å². The number of fused-ring (bicyclic) bond motifs is 1. The molecule has 0 aliphatic heterocycles. The molecule has 0 saturated heterocycles. The number of para-hydroxylation sites is 1. The first-order chi connectivity index (χ1) is 18.9. The maximum absolute atomic E-state index is 13.2. The number of esters is 1. The zero-order chi connectivity index (χ0) is 27.5. The fourth-order valence-electron chi connectivity index (χ4n) is 4.05. The number of aromatic amines is 1. The monoisotopic (exact) mass is 559 g/mol. The van der Waals surface area contributed by atoms with Crippen LogP contribution >= 0.6 is 23.1 Å². The van der Waals surface area contributed by atoms with Gasteiger partial charge < -0.3 is 10.1 Å². The van der Waals surface area contributed by atoms with Gasteiger partial charge >= 0.3 is 5.97 Å². The minimum absolute atomic E-state index is 0.0436. The van der Waals surface area contributed by atoms with Gasteiger partial charge in [0, 0.05) is 10.9 Å². The molecule has 0 unspecified atom stereocenters. The molecule has 0 spiro atoms. The van der Waals surface area contributed by atoms with Crippen molar-refractivity contribution in [1.29, 1.82) is 0 Å². The molecular formula is C28H25N5O4S2. The fraction of sp³-hybridized carbons (Fsp3) is 0.179. The number of nitrogens with one attached hydrogen (secondary N) is 2. The summed E-state index contributed by atoms with van der Waals surface area (Å²) < 4.78 is 6.78. The second-order valence-corrected chi connectivity index (χ2v) is 10.5. The zero-order valence-electron chi connectivity index (χ0n) is 21.5. The molecule has 0 aliphatic carbocycles. The number of thioether (sulfide) groups is 1. The standard InChI is InChI=1S/C28H25N5O4S2/c1-4-37-27(36)23-21(18-11-10-16(2)17(3)12-18)14-38-25(23)30-22(34)15-39-28-31-24-20(13-29-32-24)26(35)33(28)19-8-6-5-7-9-19/h5-14H,4,15H2,1-3H3,(H,29,32)(H,30,34). The summed E-state index contributed by atoms with van der Waals surface area (Å²) in [6.07, 6.45) is 1.44. The predicted octanol–water partition coefficient (Wildman–Crippen LogP) is 5.36. The number of H-pyrrole nitrogens is 1. The van der Waals surface area contributed by atoms with Gasteiger partial charge in [0.25, 0.3) is 5.56 Å². The van der Waals surface area contributed by atoms with Gasteiger partial charge in [-0.15, -0.1) is 11.3 Å². The van der Waals surface area contributed by atoms with E-state index >= 15 is 0 Å². The fourth-order valence-corrected chi connectivity index (χ4v) is 5.82. The highest BCUT2D eigenvalue weighted by Crippen LogP contribution is 2.37. The van der Waals surface area contributed by atoms with Gasteiger partial charge in [0.2, 0.25) is 5.91 Å². The number of aromatic nitrogens is 4. The first-order valence-electron chi connectivity index (χ1n) is 12.2. The van der Waals surface area contributed by atoms with Crippen LogP contribution in [-0.4, -0.2) is 44.0 Å². The number of rotatable bonds is 8. The quantitative estimate of drug-likeness (QED) is 0.149. The Bertz CT molecular complexity index is 1740. The lowest BCUT2D eigenvalue weighted by Crippen LogP contribution is -2.22. The van der Waals surface area contributed by atoms with Gasteiger partial charge in [0.1, 0.15) is 16.0 Å². The number of ether oxygens (including phenoxy) is 1. The molecule has 3 heterocycles. The van der Waals surface area contributed by atoms with Gasteiger partial charge in [-0.1, -0.05) is 48.2 Å². The van der Waals surface area contributed by atoms with E-state index in [2.05, 4.69) is 20.5 Å².